The van der Waals surface area contributed by atoms with Crippen molar-refractivity contribution in [2.24, 2.45) is 10.7 Å². The Morgan fingerprint density at radius 1 is 0.642 bits per heavy atom. The predicted molar refractivity (Wildman–Crippen MR) is 217 cm³/mol. The number of nitrogens with zero attached hydrogens (tertiary/aromatic N) is 1. The Balaban J connectivity index is 0.00000541. The van der Waals surface area contributed by atoms with E-state index in [2.05, 4.69) is 44.9 Å². The SMILES string of the molecule is NC1=NC(c2ccc(OCCCCCCCCCP(F)(c3ccccc3)(c3ccccc3)c3ccccc3)cc2)NC(=[NH+]CCc2ccccc2)N1.[Cl-]. The minimum absolute atomic E-state index is 0. The van der Waals surface area contributed by atoms with E-state index in [0.717, 1.165) is 91.1 Å². The van der Waals surface area contributed by atoms with E-state index in [0.29, 0.717) is 18.7 Å². The third-order valence-corrected chi connectivity index (χ3v) is 15.2. The molecule has 5 aromatic carbocycles. The third-order valence-electron chi connectivity index (χ3n) is 9.93. The molecule has 0 aromatic heterocycles. The number of ether oxygens (including phenoxy) is 1. The maximum absolute atomic E-state index is 18.6. The number of benzene rings is 5. The van der Waals surface area contributed by atoms with Crippen LogP contribution in [0.3, 0.4) is 0 Å². The Hall–Kier alpha value is -4.71. The molecule has 1 unspecified atom stereocenters. The van der Waals surface area contributed by atoms with Gasteiger partial charge in [0.05, 0.1) is 6.54 Å². The van der Waals surface area contributed by atoms with E-state index in [-0.39, 0.29) is 18.6 Å². The Morgan fingerprint density at radius 3 is 1.68 bits per heavy atom. The number of halogens is 2. The summed E-state index contributed by atoms with van der Waals surface area (Å²) in [6, 6.07) is 48.1. The predicted octanol–water partition coefficient (Wildman–Crippen LogP) is 3.40. The van der Waals surface area contributed by atoms with Crippen LogP contribution in [0.4, 0.5) is 4.20 Å². The summed E-state index contributed by atoms with van der Waals surface area (Å²) in [6.07, 6.45) is 8.53. The number of guanidine groups is 2. The van der Waals surface area contributed by atoms with Gasteiger partial charge >= 0.3 is 204 Å². The zero-order valence-electron chi connectivity index (χ0n) is 30.3. The van der Waals surface area contributed by atoms with Crippen molar-refractivity contribution in [3.05, 3.63) is 157 Å². The summed E-state index contributed by atoms with van der Waals surface area (Å²) in [5.74, 6) is 1.98. The Bertz CT molecular complexity index is 1780. The van der Waals surface area contributed by atoms with Gasteiger partial charge in [-0.1, -0.05) is 30.3 Å². The quantitative estimate of drug-likeness (QED) is 0.0818. The number of hydrogen-bond acceptors (Lipinski definition) is 3. The van der Waals surface area contributed by atoms with Crippen LogP contribution in [0.25, 0.3) is 0 Å². The van der Waals surface area contributed by atoms with Crippen molar-refractivity contribution >= 4 is 34.7 Å². The number of nitrogens with one attached hydrogen (secondary N) is 3. The Labute approximate surface area is 320 Å². The van der Waals surface area contributed by atoms with Gasteiger partial charge < -0.3 is 18.1 Å². The Kier molecular flexibility index (Phi) is 14.5. The molecule has 0 bridgehead atoms. The summed E-state index contributed by atoms with van der Waals surface area (Å²) in [5.41, 5.74) is 8.38. The zero-order chi connectivity index (χ0) is 35.9. The van der Waals surface area contributed by atoms with Crippen molar-refractivity contribution in [3.8, 4) is 5.75 Å². The zero-order valence-corrected chi connectivity index (χ0v) is 32.0. The van der Waals surface area contributed by atoms with E-state index in [9.17, 15) is 0 Å². The number of nitrogens with two attached hydrogens (primary N) is 1. The number of unbranched alkanes of at least 4 members (excludes halogenated alkanes) is 6. The first-order valence-corrected chi connectivity index (χ1v) is 21.0. The van der Waals surface area contributed by atoms with Crippen LogP contribution in [-0.2, 0) is 6.42 Å². The smallest absolute Gasteiger partial charge is 1.00 e. The van der Waals surface area contributed by atoms with Crippen LogP contribution in [-0.4, -0.2) is 31.2 Å². The molecule has 0 radical (unpaired) electrons. The van der Waals surface area contributed by atoms with Gasteiger partial charge in [0.25, 0.3) is 5.96 Å². The molecular weight excluding hydrogens is 700 g/mol. The molecule has 1 heterocycles. The fraction of sp³-hybridized carbons (Fsp3) is 0.273. The molecule has 6 rings (SSSR count). The van der Waals surface area contributed by atoms with E-state index in [1.165, 1.54) is 5.56 Å². The van der Waals surface area contributed by atoms with Crippen molar-refractivity contribution in [2.75, 3.05) is 19.3 Å². The fourth-order valence-corrected chi connectivity index (χ4v) is 12.0. The molecule has 278 valence electrons. The normalized spacial score (nSPS) is 15.6. The van der Waals surface area contributed by atoms with Crippen molar-refractivity contribution < 1.29 is 26.3 Å². The molecule has 0 spiro atoms. The molecule has 5 N–H and O–H groups in total. The van der Waals surface area contributed by atoms with Gasteiger partial charge in [-0.3, -0.25) is 10.3 Å². The van der Waals surface area contributed by atoms with Crippen LogP contribution >= 0.6 is 6.91 Å². The van der Waals surface area contributed by atoms with Gasteiger partial charge in [-0.2, -0.15) is 4.99 Å². The van der Waals surface area contributed by atoms with Gasteiger partial charge in [0.2, 0.25) is 0 Å². The van der Waals surface area contributed by atoms with Gasteiger partial charge in [-0.25, -0.2) is 5.32 Å². The average molecular weight is 752 g/mol. The first-order valence-electron chi connectivity index (χ1n) is 18.7. The summed E-state index contributed by atoms with van der Waals surface area (Å²) >= 11 is 0. The molecule has 1 aliphatic rings. The molecule has 0 amide bonds. The van der Waals surface area contributed by atoms with Crippen LogP contribution in [0, 0.1) is 0 Å². The third kappa shape index (κ3) is 10.0. The van der Waals surface area contributed by atoms with Gasteiger partial charge in [0, 0.05) is 12.0 Å². The number of aliphatic imine (C=N–C) groups is 1. The molecule has 0 fully saturated rings. The standard InChI is InChI=1S/C44H51FN5OP.ClH/c45-52(39-22-12-7-13-23-39,40-24-14-8-15-25-40,41-26-16-9-17-27-41)35-19-5-3-1-2-4-18-34-51-38-30-28-37(29-31-38)42-48-43(46)50-44(49-42)47-33-32-36-20-10-6-11-21-36;/h6-17,20-31,42H,1-5,18-19,32-35H2,(H4,46,47,48,49,50);1H. The van der Waals surface area contributed by atoms with Gasteiger partial charge in [0.1, 0.15) is 0 Å². The second-order valence-corrected chi connectivity index (χ2v) is 17.9. The van der Waals surface area contributed by atoms with Crippen LogP contribution in [0.1, 0.15) is 62.2 Å². The molecule has 0 saturated carbocycles. The second-order valence-electron chi connectivity index (χ2n) is 13.5. The topological polar surface area (TPSA) is 85.6 Å². The Morgan fingerprint density at radius 2 is 1.13 bits per heavy atom. The van der Waals surface area contributed by atoms with Crippen LogP contribution in [0.15, 0.2) is 151 Å². The molecule has 9 heteroatoms. The van der Waals surface area contributed by atoms with E-state index >= 15 is 4.20 Å². The fourth-order valence-electron chi connectivity index (χ4n) is 7.12. The van der Waals surface area contributed by atoms with E-state index < -0.39 is 6.91 Å². The van der Waals surface area contributed by atoms with Crippen LogP contribution in [0.2, 0.25) is 0 Å². The molecule has 1 atom stereocenters. The summed E-state index contributed by atoms with van der Waals surface area (Å²) in [7, 11) is 0. The molecule has 53 heavy (non-hydrogen) atoms. The second kappa shape index (κ2) is 19.4. The minimum Gasteiger partial charge on any atom is -1.00 e. The first kappa shape index (κ1) is 39.5. The van der Waals surface area contributed by atoms with Gasteiger partial charge in [-0.15, -0.1) is 0 Å². The minimum atomic E-state index is -4.13. The molecule has 1 aliphatic heterocycles. The van der Waals surface area contributed by atoms with Gasteiger partial charge in [-0.05, 0) is 17.7 Å². The maximum atomic E-state index is 18.6. The number of hydrogen-bond donors (Lipinski definition) is 4. The molecule has 0 aliphatic carbocycles. The van der Waals surface area contributed by atoms with Crippen LogP contribution in [0.5, 0.6) is 5.75 Å². The van der Waals surface area contributed by atoms with E-state index in [4.69, 9.17) is 10.5 Å². The molecule has 6 nitrogen and oxygen atoms in total. The summed E-state index contributed by atoms with van der Waals surface area (Å²) in [4.78, 5) is 7.92. The van der Waals surface area contributed by atoms with E-state index in [1.54, 1.807) is 0 Å². The molecular formula is C44H52ClFN5OP. The average Bonchev–Trinajstić information content (AvgIpc) is 3.20. The van der Waals surface area contributed by atoms with Gasteiger partial charge in [0.15, 0.2) is 6.17 Å². The summed E-state index contributed by atoms with van der Waals surface area (Å²) < 4.78 is 24.6. The van der Waals surface area contributed by atoms with Crippen molar-refractivity contribution in [1.29, 1.82) is 0 Å². The first-order chi connectivity index (χ1) is 25.5. The number of rotatable bonds is 18. The van der Waals surface area contributed by atoms with Crippen molar-refractivity contribution in [2.45, 2.75) is 57.5 Å². The monoisotopic (exact) mass is 751 g/mol. The summed E-state index contributed by atoms with van der Waals surface area (Å²) in [6.45, 7) is -2.68. The van der Waals surface area contributed by atoms with Crippen molar-refractivity contribution in [3.63, 3.8) is 0 Å². The molecule has 0 saturated heterocycles. The van der Waals surface area contributed by atoms with Crippen molar-refractivity contribution in [1.82, 2.24) is 10.6 Å². The van der Waals surface area contributed by atoms with E-state index in [1.807, 2.05) is 121 Å². The van der Waals surface area contributed by atoms with Crippen LogP contribution < -0.4 is 54.4 Å². The summed E-state index contributed by atoms with van der Waals surface area (Å²) in [5, 5.41) is 8.92. The molecule has 5 aromatic rings.